The molecule has 1 heterocycles. The van der Waals surface area contributed by atoms with Gasteiger partial charge in [-0.15, -0.1) is 0 Å². The molecule has 0 saturated heterocycles. The number of carboxylic acids is 1. The number of hydrogen-bond acceptors (Lipinski definition) is 7. The molecule has 11 nitrogen and oxygen atoms in total. The van der Waals surface area contributed by atoms with Gasteiger partial charge in [-0.2, -0.15) is 12.6 Å². The fourth-order valence-electron chi connectivity index (χ4n) is 3.73. The average Bonchev–Trinajstić information content (AvgIpc) is 3.21. The van der Waals surface area contributed by atoms with Crippen molar-refractivity contribution in [3.8, 4) is 0 Å². The number of para-hydroxylation sites is 1. The summed E-state index contributed by atoms with van der Waals surface area (Å²) in [5.41, 5.74) is 7.44. The molecule has 5 atom stereocenters. The Morgan fingerprint density at radius 2 is 1.61 bits per heavy atom. The molecule has 12 heteroatoms. The first-order valence-corrected chi connectivity index (χ1v) is 12.3. The molecule has 0 aliphatic rings. The number of carbonyl (C=O) groups is 4. The summed E-state index contributed by atoms with van der Waals surface area (Å²) in [7, 11) is 0. The predicted molar refractivity (Wildman–Crippen MR) is 138 cm³/mol. The fraction of sp³-hybridized carbons (Fsp3) is 0.500. The predicted octanol–water partition coefficient (Wildman–Crippen LogP) is -0.0666. The molecule has 0 aliphatic heterocycles. The van der Waals surface area contributed by atoms with Gasteiger partial charge in [-0.1, -0.05) is 32.0 Å². The van der Waals surface area contributed by atoms with Crippen LogP contribution in [0.1, 0.15) is 32.8 Å². The molecule has 2 rings (SSSR count). The number of nitrogens with two attached hydrogens (primary N) is 1. The van der Waals surface area contributed by atoms with Gasteiger partial charge in [0.2, 0.25) is 17.7 Å². The van der Waals surface area contributed by atoms with Gasteiger partial charge in [-0.25, -0.2) is 4.79 Å². The quantitative estimate of drug-likeness (QED) is 0.169. The number of H-pyrrole nitrogens is 1. The first-order chi connectivity index (χ1) is 16.9. The van der Waals surface area contributed by atoms with Gasteiger partial charge in [0.1, 0.15) is 12.1 Å². The number of aromatic amines is 1. The number of benzene rings is 1. The number of nitrogens with one attached hydrogen (secondary N) is 4. The lowest BCUT2D eigenvalue weighted by atomic mass is 10.0. The zero-order chi connectivity index (χ0) is 27.0. The normalized spacial score (nSPS) is 15.5. The van der Waals surface area contributed by atoms with Gasteiger partial charge in [0, 0.05) is 29.3 Å². The second kappa shape index (κ2) is 13.3. The van der Waals surface area contributed by atoms with Crippen molar-refractivity contribution in [1.82, 2.24) is 20.9 Å². The maximum absolute atomic E-state index is 13.1. The van der Waals surface area contributed by atoms with Crippen LogP contribution in [0.2, 0.25) is 0 Å². The van der Waals surface area contributed by atoms with Gasteiger partial charge in [0.05, 0.1) is 12.1 Å². The van der Waals surface area contributed by atoms with Crippen LogP contribution in [0.4, 0.5) is 0 Å². The molecule has 3 amide bonds. The summed E-state index contributed by atoms with van der Waals surface area (Å²) in [4.78, 5) is 53.2. The lowest BCUT2D eigenvalue weighted by molar-refractivity contribution is -0.145. The third-order valence-corrected chi connectivity index (χ3v) is 6.02. The smallest absolute Gasteiger partial charge is 0.328 e. The molecule has 1 aromatic heterocycles. The summed E-state index contributed by atoms with van der Waals surface area (Å²) < 4.78 is 0. The van der Waals surface area contributed by atoms with Gasteiger partial charge in [-0.05, 0) is 30.9 Å². The molecule has 0 radical (unpaired) electrons. The molecule has 8 N–H and O–H groups in total. The lowest BCUT2D eigenvalue weighted by Crippen LogP contribution is -2.59. The standard InChI is InChI=1S/C24H35N5O6S/c1-12(2)8-16(25)21(31)28-19(11-36)23(33)27-18(22(32)29-20(13(3)30)24(34)35)9-14-10-26-17-7-5-4-6-15(14)17/h4-7,10,12-13,16,18-20,26,30,36H,8-9,11,25H2,1-3H3,(H,27,33)(H,28,31)(H,29,32)(H,34,35). The minimum atomic E-state index is -1.57. The van der Waals surface area contributed by atoms with Crippen molar-refractivity contribution in [1.29, 1.82) is 0 Å². The highest BCUT2D eigenvalue weighted by Gasteiger charge is 2.32. The van der Waals surface area contributed by atoms with Crippen LogP contribution in [0.5, 0.6) is 0 Å². The Hall–Kier alpha value is -3.09. The van der Waals surface area contributed by atoms with Gasteiger partial charge in [-0.3, -0.25) is 14.4 Å². The molecule has 36 heavy (non-hydrogen) atoms. The van der Waals surface area contributed by atoms with Crippen LogP contribution >= 0.6 is 12.6 Å². The van der Waals surface area contributed by atoms with Crippen molar-refractivity contribution in [2.24, 2.45) is 11.7 Å². The number of aliphatic hydroxyl groups excluding tert-OH is 1. The highest BCUT2D eigenvalue weighted by molar-refractivity contribution is 7.80. The Balaban J connectivity index is 2.25. The fourth-order valence-corrected chi connectivity index (χ4v) is 3.99. The van der Waals surface area contributed by atoms with E-state index in [1.165, 1.54) is 6.92 Å². The van der Waals surface area contributed by atoms with E-state index in [1.54, 1.807) is 6.20 Å². The monoisotopic (exact) mass is 521 g/mol. The van der Waals surface area contributed by atoms with Crippen molar-refractivity contribution in [3.63, 3.8) is 0 Å². The third kappa shape index (κ3) is 7.97. The van der Waals surface area contributed by atoms with Gasteiger partial charge in [0.15, 0.2) is 6.04 Å². The number of carboxylic acid groups (broad SMARTS) is 1. The van der Waals surface area contributed by atoms with Gasteiger partial charge < -0.3 is 36.9 Å². The van der Waals surface area contributed by atoms with Crippen molar-refractivity contribution >= 4 is 47.2 Å². The van der Waals surface area contributed by atoms with E-state index in [0.29, 0.717) is 12.0 Å². The molecule has 0 spiro atoms. The first-order valence-electron chi connectivity index (χ1n) is 11.7. The number of rotatable bonds is 13. The molecular formula is C24H35N5O6S. The van der Waals surface area contributed by atoms with Gasteiger partial charge >= 0.3 is 5.97 Å². The largest absolute Gasteiger partial charge is 0.480 e. The minimum absolute atomic E-state index is 0.0217. The second-order valence-electron chi connectivity index (χ2n) is 9.17. The number of carbonyl (C=O) groups excluding carboxylic acids is 3. The van der Waals surface area contributed by atoms with E-state index in [9.17, 15) is 29.4 Å². The second-order valence-corrected chi connectivity index (χ2v) is 9.53. The Bertz CT molecular complexity index is 1070. The maximum Gasteiger partial charge on any atom is 0.328 e. The zero-order valence-corrected chi connectivity index (χ0v) is 21.4. The Labute approximate surface area is 215 Å². The minimum Gasteiger partial charge on any atom is -0.480 e. The average molecular weight is 522 g/mol. The Morgan fingerprint density at radius 3 is 2.19 bits per heavy atom. The third-order valence-electron chi connectivity index (χ3n) is 5.66. The summed E-state index contributed by atoms with van der Waals surface area (Å²) in [6.45, 7) is 5.07. The van der Waals surface area contributed by atoms with E-state index < -0.39 is 54.0 Å². The molecule has 0 bridgehead atoms. The highest BCUT2D eigenvalue weighted by atomic mass is 32.1. The summed E-state index contributed by atoms with van der Waals surface area (Å²) in [6, 6.07) is 2.70. The van der Waals surface area contributed by atoms with Crippen molar-refractivity contribution in [3.05, 3.63) is 36.0 Å². The number of aliphatic carboxylic acids is 1. The van der Waals surface area contributed by atoms with Crippen LogP contribution in [-0.2, 0) is 25.6 Å². The highest BCUT2D eigenvalue weighted by Crippen LogP contribution is 2.19. The van der Waals surface area contributed by atoms with Gasteiger partial charge in [0.25, 0.3) is 0 Å². The number of aromatic nitrogens is 1. The molecule has 198 valence electrons. The number of thiol groups is 1. The van der Waals surface area contributed by atoms with Crippen molar-refractivity contribution in [2.75, 3.05) is 5.75 Å². The van der Waals surface area contributed by atoms with Crippen LogP contribution in [-0.4, -0.2) is 74.9 Å². The molecule has 0 aliphatic carbocycles. The zero-order valence-electron chi connectivity index (χ0n) is 20.5. The topological polar surface area (TPSA) is 187 Å². The summed E-state index contributed by atoms with van der Waals surface area (Å²) in [5.74, 6) is -3.31. The Morgan fingerprint density at radius 1 is 1.00 bits per heavy atom. The maximum atomic E-state index is 13.1. The van der Waals surface area contributed by atoms with E-state index in [2.05, 4.69) is 33.6 Å². The molecule has 0 fully saturated rings. The molecule has 0 saturated carbocycles. The number of amides is 3. The lowest BCUT2D eigenvalue weighted by Gasteiger charge is -2.25. The Kier molecular flexibility index (Phi) is 10.8. The molecule has 1 aromatic carbocycles. The summed E-state index contributed by atoms with van der Waals surface area (Å²) in [5, 5.41) is 27.4. The van der Waals surface area contributed by atoms with Crippen molar-refractivity contribution < 1.29 is 29.4 Å². The molecule has 5 unspecified atom stereocenters. The van der Waals surface area contributed by atoms with Crippen molar-refractivity contribution in [2.45, 2.75) is 63.9 Å². The number of aliphatic hydroxyl groups is 1. The first kappa shape index (κ1) is 29.1. The van der Waals surface area contributed by atoms with Crippen LogP contribution in [0.25, 0.3) is 10.9 Å². The van der Waals surface area contributed by atoms with E-state index in [1.807, 2.05) is 38.1 Å². The van der Waals surface area contributed by atoms with Crippen LogP contribution in [0, 0.1) is 5.92 Å². The van der Waals surface area contributed by atoms with E-state index >= 15 is 0 Å². The number of fused-ring (bicyclic) bond motifs is 1. The molecular weight excluding hydrogens is 486 g/mol. The summed E-state index contributed by atoms with van der Waals surface area (Å²) >= 11 is 4.16. The van der Waals surface area contributed by atoms with Crippen LogP contribution < -0.4 is 21.7 Å². The van der Waals surface area contributed by atoms with Crippen LogP contribution in [0.3, 0.4) is 0 Å². The number of hydrogen-bond donors (Lipinski definition) is 8. The van der Waals surface area contributed by atoms with E-state index in [-0.39, 0.29) is 18.1 Å². The van der Waals surface area contributed by atoms with E-state index in [0.717, 1.165) is 10.9 Å². The summed E-state index contributed by atoms with van der Waals surface area (Å²) in [6.07, 6.45) is 0.772. The van der Waals surface area contributed by atoms with Crippen LogP contribution in [0.15, 0.2) is 30.5 Å². The van der Waals surface area contributed by atoms with E-state index in [4.69, 9.17) is 5.73 Å². The SMILES string of the molecule is CC(C)CC(N)C(=O)NC(CS)C(=O)NC(Cc1c[nH]c2ccccc12)C(=O)NC(C(=O)O)C(C)O. The molecule has 2 aromatic rings.